The maximum atomic E-state index is 12.9. The van der Waals surface area contributed by atoms with Gasteiger partial charge in [-0.25, -0.2) is 0 Å². The molecule has 0 aromatic heterocycles. The third-order valence-corrected chi connectivity index (χ3v) is 6.47. The zero-order chi connectivity index (χ0) is 17.3. The predicted molar refractivity (Wildman–Crippen MR) is 91.2 cm³/mol. The number of imide groups is 1. The van der Waals surface area contributed by atoms with Gasteiger partial charge < -0.3 is 5.32 Å². The molecule has 1 aliphatic heterocycles. The number of hydrogen-bond acceptors (Lipinski definition) is 3. The molecule has 2 bridgehead atoms. The Morgan fingerprint density at radius 2 is 1.68 bits per heavy atom. The minimum absolute atomic E-state index is 0.153. The molecule has 2 saturated carbocycles. The van der Waals surface area contributed by atoms with Crippen LogP contribution >= 0.6 is 0 Å². The van der Waals surface area contributed by atoms with E-state index in [9.17, 15) is 14.4 Å². The van der Waals surface area contributed by atoms with Gasteiger partial charge in [-0.15, -0.1) is 0 Å². The van der Waals surface area contributed by atoms with Crippen molar-refractivity contribution >= 4 is 23.4 Å². The summed E-state index contributed by atoms with van der Waals surface area (Å²) < 4.78 is 0. The van der Waals surface area contributed by atoms with E-state index in [1.54, 1.807) is 0 Å². The predicted octanol–water partition coefficient (Wildman–Crippen LogP) is 1.99. The first kappa shape index (κ1) is 14.9. The van der Waals surface area contributed by atoms with Gasteiger partial charge in [0.15, 0.2) is 0 Å². The molecule has 25 heavy (non-hydrogen) atoms. The van der Waals surface area contributed by atoms with Crippen molar-refractivity contribution in [2.24, 2.45) is 35.5 Å². The Morgan fingerprint density at radius 3 is 2.28 bits per heavy atom. The maximum Gasteiger partial charge on any atom is 0.244 e. The third kappa shape index (κ3) is 2.04. The van der Waals surface area contributed by atoms with Gasteiger partial charge in [-0.05, 0) is 48.6 Å². The van der Waals surface area contributed by atoms with Crippen molar-refractivity contribution in [3.63, 3.8) is 0 Å². The highest BCUT2D eigenvalue weighted by Gasteiger charge is 2.67. The van der Waals surface area contributed by atoms with Crippen molar-refractivity contribution in [2.75, 3.05) is 11.9 Å². The van der Waals surface area contributed by atoms with Gasteiger partial charge in [-0.2, -0.15) is 0 Å². The fourth-order valence-corrected chi connectivity index (χ4v) is 5.22. The molecule has 5 nitrogen and oxygen atoms in total. The van der Waals surface area contributed by atoms with E-state index >= 15 is 0 Å². The fourth-order valence-electron chi connectivity index (χ4n) is 5.22. The molecule has 5 heteroatoms. The molecule has 1 N–H and O–H groups in total. The topological polar surface area (TPSA) is 66.5 Å². The highest BCUT2D eigenvalue weighted by Crippen LogP contribution is 2.65. The van der Waals surface area contributed by atoms with Gasteiger partial charge in [0, 0.05) is 5.69 Å². The summed E-state index contributed by atoms with van der Waals surface area (Å²) in [4.78, 5) is 39.3. The summed E-state index contributed by atoms with van der Waals surface area (Å²) in [5.41, 5.74) is 1.66. The molecule has 5 aliphatic rings. The summed E-state index contributed by atoms with van der Waals surface area (Å²) in [5, 5.41) is 2.81. The van der Waals surface area contributed by atoms with Crippen LogP contribution in [-0.4, -0.2) is 29.2 Å². The monoisotopic (exact) mass is 336 g/mol. The first-order valence-corrected chi connectivity index (χ1v) is 8.95. The van der Waals surface area contributed by atoms with E-state index in [4.69, 9.17) is 0 Å². The van der Waals surface area contributed by atoms with Crippen LogP contribution in [0.1, 0.15) is 12.0 Å². The van der Waals surface area contributed by atoms with Gasteiger partial charge in [0.05, 0.1) is 11.8 Å². The molecule has 1 heterocycles. The van der Waals surface area contributed by atoms with Crippen LogP contribution in [0.15, 0.2) is 36.4 Å². The highest BCUT2D eigenvalue weighted by molar-refractivity contribution is 6.09. The first-order valence-electron chi connectivity index (χ1n) is 8.95. The Kier molecular flexibility index (Phi) is 3.00. The Balaban J connectivity index is 1.34. The lowest BCUT2D eigenvalue weighted by Gasteiger charge is -2.37. The quantitative estimate of drug-likeness (QED) is 0.678. The summed E-state index contributed by atoms with van der Waals surface area (Å²) in [7, 11) is 0. The summed E-state index contributed by atoms with van der Waals surface area (Å²) in [5.74, 6) is 0.443. The Hall–Kier alpha value is -2.43. The van der Waals surface area contributed by atoms with E-state index in [1.165, 1.54) is 4.90 Å². The van der Waals surface area contributed by atoms with E-state index in [-0.39, 0.29) is 47.9 Å². The zero-order valence-corrected chi connectivity index (χ0v) is 14.0. The number of carbonyl (C=O) groups is 3. The summed E-state index contributed by atoms with van der Waals surface area (Å²) in [6.07, 6.45) is 5.42. The van der Waals surface area contributed by atoms with Crippen LogP contribution in [0.25, 0.3) is 0 Å². The molecule has 1 aromatic rings. The van der Waals surface area contributed by atoms with Crippen molar-refractivity contribution in [2.45, 2.75) is 13.3 Å². The summed E-state index contributed by atoms with van der Waals surface area (Å²) in [6.45, 7) is 1.72. The smallest absolute Gasteiger partial charge is 0.244 e. The fraction of sp³-hybridized carbons (Fsp3) is 0.450. The molecule has 0 radical (unpaired) electrons. The van der Waals surface area contributed by atoms with Gasteiger partial charge in [-0.3, -0.25) is 19.3 Å². The lowest BCUT2D eigenvalue weighted by molar-refractivity contribution is -0.142. The Bertz CT molecular complexity index is 794. The molecule has 3 fully saturated rings. The molecule has 3 amide bonds. The second-order valence-electron chi connectivity index (χ2n) is 7.78. The number of benzene rings is 1. The Labute approximate surface area is 146 Å². The molecule has 6 rings (SSSR count). The van der Waals surface area contributed by atoms with E-state index < -0.39 is 0 Å². The van der Waals surface area contributed by atoms with Gasteiger partial charge in [-0.1, -0.05) is 30.4 Å². The van der Waals surface area contributed by atoms with Crippen LogP contribution in [0.2, 0.25) is 0 Å². The van der Waals surface area contributed by atoms with Crippen molar-refractivity contribution in [3.05, 3.63) is 42.0 Å². The first-order chi connectivity index (χ1) is 12.1. The molecule has 1 saturated heterocycles. The van der Waals surface area contributed by atoms with E-state index in [2.05, 4.69) is 17.5 Å². The number of aryl methyl sites for hydroxylation is 1. The molecule has 6 atom stereocenters. The molecule has 0 unspecified atom stereocenters. The normalized spacial score (nSPS) is 37.1. The van der Waals surface area contributed by atoms with Crippen molar-refractivity contribution in [1.29, 1.82) is 0 Å². The number of likely N-dealkylation sites (tertiary alicyclic amines) is 1. The number of carbonyl (C=O) groups excluding carboxylic acids is 3. The van der Waals surface area contributed by atoms with Gasteiger partial charge in [0.25, 0.3) is 0 Å². The van der Waals surface area contributed by atoms with E-state index in [1.807, 2.05) is 31.2 Å². The van der Waals surface area contributed by atoms with Gasteiger partial charge in [0.1, 0.15) is 6.54 Å². The average molecular weight is 336 g/mol. The molecular formula is C20H20N2O3. The molecule has 128 valence electrons. The lowest BCUT2D eigenvalue weighted by Crippen LogP contribution is -2.40. The van der Waals surface area contributed by atoms with Crippen LogP contribution in [0.3, 0.4) is 0 Å². The number of rotatable bonds is 3. The second-order valence-corrected chi connectivity index (χ2v) is 7.78. The maximum absolute atomic E-state index is 12.9. The molecule has 1 aromatic carbocycles. The van der Waals surface area contributed by atoms with Crippen LogP contribution in [-0.2, 0) is 14.4 Å². The SMILES string of the molecule is Cc1ccccc1NC(=O)CN1C(=O)[C@@H]2[C@H]3C=C[C@@H]([C@@H]4C[C@H]34)[C@H]2C1=O. The van der Waals surface area contributed by atoms with Crippen molar-refractivity contribution in [1.82, 2.24) is 4.90 Å². The minimum atomic E-state index is -0.319. The van der Waals surface area contributed by atoms with E-state index in [0.29, 0.717) is 17.5 Å². The number of allylic oxidation sites excluding steroid dienone is 2. The molecular weight excluding hydrogens is 316 g/mol. The standard InChI is InChI=1S/C20H20N2O3/c1-10-4-2-3-5-15(10)21-16(23)9-22-19(24)17-11-6-7-12(14-8-13(11)14)18(17)20(22)25/h2-7,11-14,17-18H,8-9H2,1H3,(H,21,23)/t11-,12-,13-,14+,17+,18+/m0/s1. The highest BCUT2D eigenvalue weighted by atomic mass is 16.2. The van der Waals surface area contributed by atoms with Crippen LogP contribution in [0.5, 0.6) is 0 Å². The average Bonchev–Trinajstić information content (AvgIpc) is 3.38. The second kappa shape index (κ2) is 5.04. The number of hydrogen-bond donors (Lipinski definition) is 1. The largest absolute Gasteiger partial charge is 0.324 e. The number of nitrogens with one attached hydrogen (secondary N) is 1. The number of para-hydroxylation sites is 1. The van der Waals surface area contributed by atoms with Crippen molar-refractivity contribution in [3.8, 4) is 0 Å². The van der Waals surface area contributed by atoms with Gasteiger partial charge in [0.2, 0.25) is 17.7 Å². The summed E-state index contributed by atoms with van der Waals surface area (Å²) >= 11 is 0. The molecule has 0 spiro atoms. The number of anilines is 1. The third-order valence-electron chi connectivity index (χ3n) is 6.47. The number of amides is 3. The van der Waals surface area contributed by atoms with Crippen LogP contribution in [0.4, 0.5) is 5.69 Å². The van der Waals surface area contributed by atoms with Crippen LogP contribution < -0.4 is 5.32 Å². The van der Waals surface area contributed by atoms with Gasteiger partial charge >= 0.3 is 0 Å². The molecule has 4 aliphatic carbocycles. The number of nitrogens with zero attached hydrogens (tertiary/aromatic N) is 1. The summed E-state index contributed by atoms with van der Waals surface area (Å²) in [6, 6.07) is 7.47. The Morgan fingerprint density at radius 1 is 1.08 bits per heavy atom. The van der Waals surface area contributed by atoms with Crippen LogP contribution in [0, 0.1) is 42.4 Å². The lowest BCUT2D eigenvalue weighted by atomic mass is 9.63. The van der Waals surface area contributed by atoms with E-state index in [0.717, 1.165) is 12.0 Å². The van der Waals surface area contributed by atoms with Crippen molar-refractivity contribution < 1.29 is 14.4 Å². The minimum Gasteiger partial charge on any atom is -0.324 e. The zero-order valence-electron chi connectivity index (χ0n) is 14.0.